The van der Waals surface area contributed by atoms with E-state index in [1.807, 2.05) is 6.07 Å². The molecule has 188 valence electrons. The van der Waals surface area contributed by atoms with E-state index in [0.29, 0.717) is 19.6 Å². The number of nitrogens with one attached hydrogen (secondary N) is 1. The molecule has 1 unspecified atom stereocenters. The lowest BCUT2D eigenvalue weighted by Crippen LogP contribution is -2.55. The summed E-state index contributed by atoms with van der Waals surface area (Å²) in [7, 11) is 0. The van der Waals surface area contributed by atoms with E-state index in [1.165, 1.54) is 0 Å². The van der Waals surface area contributed by atoms with Gasteiger partial charge in [0.15, 0.2) is 0 Å². The van der Waals surface area contributed by atoms with Gasteiger partial charge < -0.3 is 24.3 Å². The Bertz CT molecular complexity index is 988. The molecule has 9 heteroatoms. The smallest absolute Gasteiger partial charge is 0.408 e. The molecule has 3 rings (SSSR count). The third kappa shape index (κ3) is 6.84. The van der Waals surface area contributed by atoms with Crippen LogP contribution in [0.5, 0.6) is 0 Å². The summed E-state index contributed by atoms with van der Waals surface area (Å²) in [5.74, 6) is -0.474. The number of nitrogens with zero attached hydrogens (tertiary/aromatic N) is 2. The molecule has 2 aliphatic heterocycles. The number of hydrogen-bond acceptors (Lipinski definition) is 6. The highest BCUT2D eigenvalue weighted by Gasteiger charge is 2.38. The van der Waals surface area contributed by atoms with E-state index < -0.39 is 29.3 Å². The zero-order valence-corrected chi connectivity index (χ0v) is 21.1. The van der Waals surface area contributed by atoms with Crippen molar-refractivity contribution in [1.82, 2.24) is 14.8 Å². The van der Waals surface area contributed by atoms with Crippen LogP contribution < -0.4 is 10.9 Å². The number of rotatable bonds is 5. The van der Waals surface area contributed by atoms with Crippen LogP contribution in [0.4, 0.5) is 4.79 Å². The number of piperidine rings is 1. The second-order valence-corrected chi connectivity index (χ2v) is 11.3. The minimum atomic E-state index is -0.917. The van der Waals surface area contributed by atoms with E-state index in [2.05, 4.69) is 5.32 Å². The van der Waals surface area contributed by atoms with E-state index in [-0.39, 0.29) is 36.1 Å². The number of carbonyl (C=O) groups is 3. The number of hydrogen-bond donors (Lipinski definition) is 1. The van der Waals surface area contributed by atoms with Gasteiger partial charge in [-0.3, -0.25) is 14.4 Å². The van der Waals surface area contributed by atoms with Gasteiger partial charge in [0.1, 0.15) is 17.2 Å². The predicted molar refractivity (Wildman–Crippen MR) is 126 cm³/mol. The van der Waals surface area contributed by atoms with Crippen molar-refractivity contribution in [2.24, 2.45) is 5.92 Å². The van der Waals surface area contributed by atoms with Crippen LogP contribution in [0, 0.1) is 5.92 Å². The summed E-state index contributed by atoms with van der Waals surface area (Å²) >= 11 is 0. The standard InChI is InChI=1S/C25H37N3O6/c1-24(2,3)33-21(30)11-10-18(26-23(32)34-25(4,5)6)22(31)27-13-16-12-17(15-27)19-8-7-9-20(29)28(19)14-16/h7-9,16-18H,10-15H2,1-6H3,(H,26,32)/t16-,17+,18?/m0/s1. The summed E-state index contributed by atoms with van der Waals surface area (Å²) in [6, 6.07) is 4.34. The highest BCUT2D eigenvalue weighted by Crippen LogP contribution is 2.35. The van der Waals surface area contributed by atoms with Gasteiger partial charge in [-0.15, -0.1) is 0 Å². The molecule has 0 aliphatic carbocycles. The molecule has 2 bridgehead atoms. The lowest BCUT2D eigenvalue weighted by molar-refractivity contribution is -0.155. The summed E-state index contributed by atoms with van der Waals surface area (Å²) in [5.41, 5.74) is -0.437. The van der Waals surface area contributed by atoms with Crippen molar-refractivity contribution in [3.63, 3.8) is 0 Å². The summed E-state index contributed by atoms with van der Waals surface area (Å²) < 4.78 is 12.5. The Morgan fingerprint density at radius 1 is 1.03 bits per heavy atom. The van der Waals surface area contributed by atoms with Crippen molar-refractivity contribution < 1.29 is 23.9 Å². The van der Waals surface area contributed by atoms with Gasteiger partial charge in [-0.25, -0.2) is 4.79 Å². The molecule has 2 aliphatic rings. The number of ether oxygens (including phenoxy) is 2. The molecule has 0 spiro atoms. The summed E-state index contributed by atoms with van der Waals surface area (Å²) in [6.45, 7) is 12.1. The monoisotopic (exact) mass is 475 g/mol. The van der Waals surface area contributed by atoms with Crippen molar-refractivity contribution >= 4 is 18.0 Å². The molecule has 3 atom stereocenters. The fourth-order valence-electron chi connectivity index (χ4n) is 4.66. The van der Waals surface area contributed by atoms with Crippen molar-refractivity contribution in [2.45, 2.75) is 90.5 Å². The average Bonchev–Trinajstić information content (AvgIpc) is 2.68. The van der Waals surface area contributed by atoms with Crippen LogP contribution in [-0.4, -0.2) is 57.8 Å². The Morgan fingerprint density at radius 2 is 1.71 bits per heavy atom. The van der Waals surface area contributed by atoms with Gasteiger partial charge in [-0.05, 0) is 66.4 Å². The largest absolute Gasteiger partial charge is 0.460 e. The van der Waals surface area contributed by atoms with Gasteiger partial charge in [-0.2, -0.15) is 0 Å². The van der Waals surface area contributed by atoms with E-state index >= 15 is 0 Å². The van der Waals surface area contributed by atoms with Gasteiger partial charge in [-0.1, -0.05) is 6.07 Å². The molecule has 1 saturated heterocycles. The van der Waals surface area contributed by atoms with Crippen LogP contribution >= 0.6 is 0 Å². The first-order valence-corrected chi connectivity index (χ1v) is 11.9. The van der Waals surface area contributed by atoms with Gasteiger partial charge >= 0.3 is 12.1 Å². The lowest BCUT2D eigenvalue weighted by atomic mass is 9.83. The number of fused-ring (bicyclic) bond motifs is 4. The lowest BCUT2D eigenvalue weighted by Gasteiger charge is -2.43. The molecule has 0 aromatic carbocycles. The Labute approximate surface area is 200 Å². The number of alkyl carbamates (subject to hydrolysis) is 1. The van der Waals surface area contributed by atoms with Crippen LogP contribution in [-0.2, 0) is 25.6 Å². The molecule has 2 amide bonds. The normalized spacial score (nSPS) is 20.7. The maximum absolute atomic E-state index is 13.5. The highest BCUT2D eigenvalue weighted by atomic mass is 16.6. The second kappa shape index (κ2) is 9.80. The fraction of sp³-hybridized carbons (Fsp3) is 0.680. The minimum Gasteiger partial charge on any atom is -0.460 e. The SMILES string of the molecule is CC(C)(C)OC(=O)CCC(NC(=O)OC(C)(C)C)C(=O)N1C[C@@H]2C[C@H](C1)c1cccc(=O)n1C2. The molecule has 0 saturated carbocycles. The Balaban J connectivity index is 1.74. The first-order valence-electron chi connectivity index (χ1n) is 11.9. The van der Waals surface area contributed by atoms with E-state index in [4.69, 9.17) is 9.47 Å². The molecule has 34 heavy (non-hydrogen) atoms. The summed E-state index contributed by atoms with van der Waals surface area (Å²) in [4.78, 5) is 52.3. The molecule has 1 fully saturated rings. The Morgan fingerprint density at radius 3 is 2.35 bits per heavy atom. The first kappa shape index (κ1) is 25.8. The van der Waals surface area contributed by atoms with Gasteiger partial charge in [0.05, 0.1) is 0 Å². The zero-order chi connectivity index (χ0) is 25.3. The zero-order valence-electron chi connectivity index (χ0n) is 21.1. The molecule has 3 heterocycles. The molecule has 0 radical (unpaired) electrons. The number of pyridine rings is 1. The van der Waals surface area contributed by atoms with Crippen LogP contribution in [0.3, 0.4) is 0 Å². The predicted octanol–water partition coefficient (Wildman–Crippen LogP) is 2.81. The maximum atomic E-state index is 13.5. The second-order valence-electron chi connectivity index (χ2n) is 11.3. The van der Waals surface area contributed by atoms with Gasteiger partial charge in [0.2, 0.25) is 5.91 Å². The van der Waals surface area contributed by atoms with Crippen LogP contribution in [0.1, 0.15) is 72.4 Å². The maximum Gasteiger partial charge on any atom is 0.408 e. The Kier molecular flexibility index (Phi) is 7.43. The van der Waals surface area contributed by atoms with E-state index in [0.717, 1.165) is 12.1 Å². The van der Waals surface area contributed by atoms with Crippen LogP contribution in [0.25, 0.3) is 0 Å². The van der Waals surface area contributed by atoms with Crippen molar-refractivity contribution in [2.75, 3.05) is 13.1 Å². The fourth-order valence-corrected chi connectivity index (χ4v) is 4.66. The van der Waals surface area contributed by atoms with Crippen molar-refractivity contribution in [3.8, 4) is 0 Å². The summed E-state index contributed by atoms with van der Waals surface area (Å²) in [6.07, 6.45) is 0.302. The molecular weight excluding hydrogens is 438 g/mol. The van der Waals surface area contributed by atoms with Crippen molar-refractivity contribution in [3.05, 3.63) is 34.2 Å². The quantitative estimate of drug-likeness (QED) is 0.657. The molecule has 9 nitrogen and oxygen atoms in total. The Hall–Kier alpha value is -2.84. The number of aromatic nitrogens is 1. The average molecular weight is 476 g/mol. The molecular formula is C25H37N3O6. The van der Waals surface area contributed by atoms with Gasteiger partial charge in [0.25, 0.3) is 5.56 Å². The van der Waals surface area contributed by atoms with E-state index in [1.54, 1.807) is 63.1 Å². The summed E-state index contributed by atoms with van der Waals surface area (Å²) in [5, 5.41) is 2.67. The number of amides is 2. The number of carbonyl (C=O) groups excluding carboxylic acids is 3. The molecule has 1 N–H and O–H groups in total. The molecule has 1 aromatic heterocycles. The third-order valence-corrected chi connectivity index (χ3v) is 5.84. The van der Waals surface area contributed by atoms with Crippen LogP contribution in [0.15, 0.2) is 23.0 Å². The highest BCUT2D eigenvalue weighted by molar-refractivity contribution is 5.86. The van der Waals surface area contributed by atoms with Gasteiger partial charge in [0, 0.05) is 43.7 Å². The minimum absolute atomic E-state index is 0.0115. The third-order valence-electron chi connectivity index (χ3n) is 5.84. The topological polar surface area (TPSA) is 107 Å². The number of esters is 1. The van der Waals surface area contributed by atoms with Crippen molar-refractivity contribution in [1.29, 1.82) is 0 Å². The van der Waals surface area contributed by atoms with Crippen LogP contribution in [0.2, 0.25) is 0 Å². The first-order chi connectivity index (χ1) is 15.7. The number of likely N-dealkylation sites (tertiary alicyclic amines) is 1. The molecule has 1 aromatic rings. The van der Waals surface area contributed by atoms with E-state index in [9.17, 15) is 19.2 Å².